The van der Waals surface area contributed by atoms with Gasteiger partial charge in [-0.15, -0.1) is 0 Å². The second-order valence-corrected chi connectivity index (χ2v) is 9.22. The molecule has 2 aliphatic rings. The van der Waals surface area contributed by atoms with Gasteiger partial charge >= 0.3 is 0 Å². The van der Waals surface area contributed by atoms with E-state index in [1.165, 1.54) is 5.56 Å². The van der Waals surface area contributed by atoms with Crippen LogP contribution in [0.4, 0.5) is 0 Å². The number of hydrogen-bond donors (Lipinski definition) is 0. The average molecular weight is 522 g/mol. The fourth-order valence-corrected chi connectivity index (χ4v) is 4.73. The summed E-state index contributed by atoms with van der Waals surface area (Å²) in [6.07, 6.45) is 1.72. The number of allylic oxidation sites excluding steroid dienone is 1. The summed E-state index contributed by atoms with van der Waals surface area (Å²) in [6, 6.07) is 15.5. The van der Waals surface area contributed by atoms with Crippen molar-refractivity contribution < 1.29 is 23.7 Å². The normalized spacial score (nSPS) is 16.0. The topological polar surface area (TPSA) is 57.2 Å². The van der Waals surface area contributed by atoms with Crippen molar-refractivity contribution in [3.05, 3.63) is 86.6 Å². The van der Waals surface area contributed by atoms with Crippen LogP contribution in [-0.4, -0.2) is 31.6 Å². The molecule has 2 heterocycles. The summed E-state index contributed by atoms with van der Waals surface area (Å²) < 4.78 is 23.7. The van der Waals surface area contributed by atoms with Crippen LogP contribution in [0.15, 0.2) is 58.8 Å². The van der Waals surface area contributed by atoms with Gasteiger partial charge in [0.2, 0.25) is 5.78 Å². The SMILES string of the molecule is COc1ccc(CN2COc3c(cc4c(c3C)O/C(=C\c3cc(Br)ccc3OC)C4=O)C2)cc1. The molecule has 0 N–H and O–H groups in total. The van der Waals surface area contributed by atoms with E-state index in [0.717, 1.165) is 39.2 Å². The van der Waals surface area contributed by atoms with Gasteiger partial charge in [0, 0.05) is 34.3 Å². The number of ether oxygens (including phenoxy) is 4. The first-order chi connectivity index (χ1) is 16.5. The number of benzene rings is 3. The number of carbonyl (C=O) groups is 1. The molecule has 34 heavy (non-hydrogen) atoms. The van der Waals surface area contributed by atoms with Crippen molar-refractivity contribution >= 4 is 27.8 Å². The van der Waals surface area contributed by atoms with Crippen molar-refractivity contribution in [3.63, 3.8) is 0 Å². The van der Waals surface area contributed by atoms with Crippen molar-refractivity contribution in [2.24, 2.45) is 0 Å². The molecule has 0 saturated heterocycles. The highest BCUT2D eigenvalue weighted by molar-refractivity contribution is 9.10. The minimum absolute atomic E-state index is 0.143. The van der Waals surface area contributed by atoms with Crippen LogP contribution in [0.5, 0.6) is 23.0 Å². The molecule has 3 aromatic rings. The number of Topliss-reactive ketones (excluding diaryl/α,β-unsaturated/α-hetero) is 1. The van der Waals surface area contributed by atoms with Gasteiger partial charge in [-0.05, 0) is 55.0 Å². The van der Waals surface area contributed by atoms with Crippen molar-refractivity contribution in [2.75, 3.05) is 21.0 Å². The second kappa shape index (κ2) is 9.16. The Morgan fingerprint density at radius 3 is 2.59 bits per heavy atom. The van der Waals surface area contributed by atoms with E-state index in [1.807, 2.05) is 55.5 Å². The predicted octanol–water partition coefficient (Wildman–Crippen LogP) is 5.74. The molecule has 7 heteroatoms. The first-order valence-electron chi connectivity index (χ1n) is 10.9. The lowest BCUT2D eigenvalue weighted by Gasteiger charge is -2.30. The number of nitrogens with zero attached hydrogens (tertiary/aromatic N) is 1. The molecule has 5 rings (SSSR count). The number of hydrogen-bond acceptors (Lipinski definition) is 6. The number of halogens is 1. The van der Waals surface area contributed by atoms with Crippen molar-refractivity contribution in [1.29, 1.82) is 0 Å². The van der Waals surface area contributed by atoms with E-state index in [9.17, 15) is 4.79 Å². The number of methoxy groups -OCH3 is 2. The summed E-state index contributed by atoms with van der Waals surface area (Å²) in [5, 5.41) is 0. The van der Waals surface area contributed by atoms with Gasteiger partial charge in [-0.2, -0.15) is 0 Å². The Balaban J connectivity index is 1.41. The van der Waals surface area contributed by atoms with Crippen LogP contribution in [-0.2, 0) is 13.1 Å². The zero-order valence-corrected chi connectivity index (χ0v) is 20.8. The first-order valence-corrected chi connectivity index (χ1v) is 11.7. The summed E-state index contributed by atoms with van der Waals surface area (Å²) in [4.78, 5) is 15.4. The largest absolute Gasteiger partial charge is 0.497 e. The van der Waals surface area contributed by atoms with E-state index in [0.29, 0.717) is 30.3 Å². The quantitative estimate of drug-likeness (QED) is 0.399. The van der Waals surface area contributed by atoms with Crippen molar-refractivity contribution in [2.45, 2.75) is 20.0 Å². The van der Waals surface area contributed by atoms with Crippen LogP contribution in [0, 0.1) is 6.92 Å². The van der Waals surface area contributed by atoms with E-state index >= 15 is 0 Å². The second-order valence-electron chi connectivity index (χ2n) is 8.30. The lowest BCUT2D eigenvalue weighted by molar-refractivity contribution is 0.0876. The number of ketones is 1. The van der Waals surface area contributed by atoms with Gasteiger partial charge in [0.15, 0.2) is 5.76 Å². The lowest BCUT2D eigenvalue weighted by atomic mass is 9.99. The minimum atomic E-state index is -0.143. The molecule has 0 fully saturated rings. The standard InChI is InChI=1S/C27H24BrNO5/c1-16-26-19(14-29(15-33-26)13-17-4-7-21(31-2)8-5-17)11-22-25(30)24(34-27(16)22)12-18-10-20(28)6-9-23(18)32-3/h4-12H,13-15H2,1-3H3/b24-12-. The van der Waals surface area contributed by atoms with E-state index < -0.39 is 0 Å². The molecule has 174 valence electrons. The molecule has 0 aliphatic carbocycles. The fraction of sp³-hybridized carbons (Fsp3) is 0.222. The van der Waals surface area contributed by atoms with E-state index in [4.69, 9.17) is 18.9 Å². The molecule has 6 nitrogen and oxygen atoms in total. The maximum atomic E-state index is 13.2. The predicted molar refractivity (Wildman–Crippen MR) is 133 cm³/mol. The Bertz CT molecular complexity index is 1300. The van der Waals surface area contributed by atoms with Crippen LogP contribution >= 0.6 is 15.9 Å². The highest BCUT2D eigenvalue weighted by Crippen LogP contribution is 2.43. The average Bonchev–Trinajstić information content (AvgIpc) is 3.15. The molecule has 0 aromatic heterocycles. The molecule has 0 spiro atoms. The summed E-state index contributed by atoms with van der Waals surface area (Å²) in [5.41, 5.74) is 4.31. The molecule has 0 radical (unpaired) electrons. The molecule has 0 bridgehead atoms. The fourth-order valence-electron chi connectivity index (χ4n) is 4.35. The third-order valence-corrected chi connectivity index (χ3v) is 6.54. The maximum absolute atomic E-state index is 13.2. The summed E-state index contributed by atoms with van der Waals surface area (Å²) in [5.74, 6) is 2.98. The zero-order valence-electron chi connectivity index (χ0n) is 19.2. The summed E-state index contributed by atoms with van der Waals surface area (Å²) in [7, 11) is 3.26. The van der Waals surface area contributed by atoms with Crippen LogP contribution in [0.25, 0.3) is 6.08 Å². The molecule has 2 aliphatic heterocycles. The van der Waals surface area contributed by atoms with Gasteiger partial charge in [-0.3, -0.25) is 9.69 Å². The molecule has 3 aromatic carbocycles. The summed E-state index contributed by atoms with van der Waals surface area (Å²) in [6.45, 7) is 3.82. The number of fused-ring (bicyclic) bond motifs is 2. The minimum Gasteiger partial charge on any atom is -0.497 e. The lowest BCUT2D eigenvalue weighted by Crippen LogP contribution is -2.32. The van der Waals surface area contributed by atoms with Crippen LogP contribution in [0.1, 0.15) is 32.6 Å². The monoisotopic (exact) mass is 521 g/mol. The van der Waals surface area contributed by atoms with Crippen molar-refractivity contribution in [1.82, 2.24) is 4.90 Å². The van der Waals surface area contributed by atoms with Gasteiger partial charge in [0.05, 0.1) is 19.8 Å². The third kappa shape index (κ3) is 4.17. The van der Waals surface area contributed by atoms with Gasteiger partial charge in [-0.1, -0.05) is 28.1 Å². The molecular weight excluding hydrogens is 498 g/mol. The van der Waals surface area contributed by atoms with Crippen LogP contribution < -0.4 is 18.9 Å². The Morgan fingerprint density at radius 1 is 1.06 bits per heavy atom. The van der Waals surface area contributed by atoms with Crippen LogP contribution in [0.3, 0.4) is 0 Å². The van der Waals surface area contributed by atoms with E-state index in [2.05, 4.69) is 20.8 Å². The van der Waals surface area contributed by atoms with Gasteiger partial charge in [0.1, 0.15) is 29.7 Å². The number of rotatable bonds is 5. The molecule has 0 atom stereocenters. The first kappa shape index (κ1) is 22.5. The Hall–Kier alpha value is -3.29. The van der Waals surface area contributed by atoms with Gasteiger partial charge in [-0.25, -0.2) is 0 Å². The molecular formula is C27H24BrNO5. The summed E-state index contributed by atoms with van der Waals surface area (Å²) >= 11 is 3.47. The molecule has 0 unspecified atom stereocenters. The molecule has 0 saturated carbocycles. The maximum Gasteiger partial charge on any atom is 0.231 e. The Morgan fingerprint density at radius 2 is 1.85 bits per heavy atom. The Kier molecular flexibility index (Phi) is 6.06. The Labute approximate surface area is 206 Å². The zero-order chi connectivity index (χ0) is 23.8. The number of carbonyl (C=O) groups excluding carboxylic acids is 1. The highest BCUT2D eigenvalue weighted by Gasteiger charge is 2.33. The molecule has 0 amide bonds. The smallest absolute Gasteiger partial charge is 0.231 e. The van der Waals surface area contributed by atoms with Crippen molar-refractivity contribution in [3.8, 4) is 23.0 Å². The van der Waals surface area contributed by atoms with E-state index in [-0.39, 0.29) is 11.5 Å². The van der Waals surface area contributed by atoms with Gasteiger partial charge in [0.25, 0.3) is 0 Å². The highest BCUT2D eigenvalue weighted by atomic mass is 79.9. The van der Waals surface area contributed by atoms with E-state index in [1.54, 1.807) is 20.3 Å². The van der Waals surface area contributed by atoms with Crippen LogP contribution in [0.2, 0.25) is 0 Å². The third-order valence-electron chi connectivity index (χ3n) is 6.05. The van der Waals surface area contributed by atoms with Gasteiger partial charge < -0.3 is 18.9 Å².